The lowest BCUT2D eigenvalue weighted by Crippen LogP contribution is -2.23. The average Bonchev–Trinajstić information content (AvgIpc) is 3.04. The number of rotatable bonds is 0. The van der Waals surface area contributed by atoms with Gasteiger partial charge in [-0.3, -0.25) is 4.79 Å². The summed E-state index contributed by atoms with van der Waals surface area (Å²) < 4.78 is 0. The minimum absolute atomic E-state index is 0.0444. The predicted molar refractivity (Wildman–Crippen MR) is 90.2 cm³/mol. The van der Waals surface area contributed by atoms with Gasteiger partial charge in [-0.25, -0.2) is 0 Å². The molecular formula is C21H14O. The van der Waals surface area contributed by atoms with Gasteiger partial charge in [-0.15, -0.1) is 0 Å². The molecule has 3 aromatic rings. The van der Waals surface area contributed by atoms with Crippen LogP contribution < -0.4 is 0 Å². The van der Waals surface area contributed by atoms with E-state index in [0.29, 0.717) is 0 Å². The van der Waals surface area contributed by atoms with E-state index < -0.39 is 0 Å². The number of hydrogen-bond acceptors (Lipinski definition) is 1. The summed E-state index contributed by atoms with van der Waals surface area (Å²) >= 11 is 0. The maximum Gasteiger partial charge on any atom is 0.174 e. The fourth-order valence-electron chi connectivity index (χ4n) is 3.98. The molecule has 0 bridgehead atoms. The van der Waals surface area contributed by atoms with Crippen molar-refractivity contribution in [1.82, 2.24) is 0 Å². The van der Waals surface area contributed by atoms with Crippen LogP contribution in [0.15, 0.2) is 72.3 Å². The van der Waals surface area contributed by atoms with Gasteiger partial charge in [0.15, 0.2) is 5.78 Å². The fraction of sp³-hybridized carbons (Fsp3) is 0.0952. The Balaban J connectivity index is 2.01. The van der Waals surface area contributed by atoms with Crippen molar-refractivity contribution in [1.29, 1.82) is 0 Å². The van der Waals surface area contributed by atoms with E-state index in [-0.39, 0.29) is 11.7 Å². The standard InChI is InChI=1S/C21H14O/c22-21-14-11-5-6-13(14)12-19-17-9-2-1-7-15(17)16-8-3-4-10-18(16)20(19)21/h1-11,14H,12H2. The first-order valence-electron chi connectivity index (χ1n) is 7.68. The molecule has 2 aliphatic carbocycles. The van der Waals surface area contributed by atoms with Crippen LogP contribution in [0.1, 0.15) is 15.9 Å². The maximum absolute atomic E-state index is 13.1. The minimum Gasteiger partial charge on any atom is -0.293 e. The van der Waals surface area contributed by atoms with Gasteiger partial charge in [0.25, 0.3) is 0 Å². The quantitative estimate of drug-likeness (QED) is 0.539. The fourth-order valence-corrected chi connectivity index (χ4v) is 3.98. The molecule has 1 unspecified atom stereocenters. The smallest absolute Gasteiger partial charge is 0.174 e. The molecule has 0 amide bonds. The number of Topliss-reactive ketones (excluding diaryl/α,β-unsaturated/α-hetero) is 1. The summed E-state index contributed by atoms with van der Waals surface area (Å²) in [5.41, 5.74) is 3.37. The number of hydrogen-bond donors (Lipinski definition) is 0. The van der Waals surface area contributed by atoms with E-state index in [9.17, 15) is 4.79 Å². The van der Waals surface area contributed by atoms with Crippen molar-refractivity contribution in [3.8, 4) is 0 Å². The monoisotopic (exact) mass is 282 g/mol. The second kappa shape index (κ2) is 4.17. The Kier molecular flexibility index (Phi) is 2.26. The van der Waals surface area contributed by atoms with E-state index in [1.807, 2.05) is 18.2 Å². The van der Waals surface area contributed by atoms with Crippen LogP contribution >= 0.6 is 0 Å². The van der Waals surface area contributed by atoms with Gasteiger partial charge in [0.05, 0.1) is 5.92 Å². The highest BCUT2D eigenvalue weighted by Crippen LogP contribution is 2.41. The summed E-state index contributed by atoms with van der Waals surface area (Å²) in [5, 5.41) is 4.74. The lowest BCUT2D eigenvalue weighted by molar-refractivity contribution is 0.0957. The molecule has 0 heterocycles. The average molecular weight is 282 g/mol. The largest absolute Gasteiger partial charge is 0.293 e. The lowest BCUT2D eigenvalue weighted by atomic mass is 9.76. The van der Waals surface area contributed by atoms with Crippen LogP contribution in [0.3, 0.4) is 0 Å². The van der Waals surface area contributed by atoms with Gasteiger partial charge in [-0.1, -0.05) is 72.3 Å². The third kappa shape index (κ3) is 1.41. The molecule has 3 aromatic carbocycles. The normalized spacial score (nSPS) is 19.4. The highest BCUT2D eigenvalue weighted by molar-refractivity contribution is 6.21. The van der Waals surface area contributed by atoms with Crippen molar-refractivity contribution in [3.05, 3.63) is 83.5 Å². The van der Waals surface area contributed by atoms with Crippen molar-refractivity contribution in [2.45, 2.75) is 6.42 Å². The molecule has 5 rings (SSSR count). The van der Waals surface area contributed by atoms with Gasteiger partial charge in [0.1, 0.15) is 0 Å². The summed E-state index contributed by atoms with van der Waals surface area (Å²) in [6, 6.07) is 16.7. The molecule has 0 radical (unpaired) electrons. The number of carbonyl (C=O) groups excluding carboxylic acids is 1. The Morgan fingerprint density at radius 1 is 0.818 bits per heavy atom. The summed E-state index contributed by atoms with van der Waals surface area (Å²) in [5.74, 6) is 0.209. The number of ketones is 1. The van der Waals surface area contributed by atoms with Crippen LogP contribution in [-0.4, -0.2) is 5.78 Å². The van der Waals surface area contributed by atoms with Crippen molar-refractivity contribution in [2.75, 3.05) is 0 Å². The Morgan fingerprint density at radius 2 is 1.45 bits per heavy atom. The Bertz CT molecular complexity index is 1020. The third-order valence-electron chi connectivity index (χ3n) is 4.96. The first-order chi connectivity index (χ1) is 10.8. The maximum atomic E-state index is 13.1. The number of fused-ring (bicyclic) bond motifs is 7. The van der Waals surface area contributed by atoms with Crippen molar-refractivity contribution in [3.63, 3.8) is 0 Å². The van der Waals surface area contributed by atoms with Gasteiger partial charge in [-0.05, 0) is 33.5 Å². The van der Waals surface area contributed by atoms with E-state index in [1.54, 1.807) is 0 Å². The first-order valence-corrected chi connectivity index (χ1v) is 7.68. The van der Waals surface area contributed by atoms with Crippen LogP contribution in [0, 0.1) is 5.92 Å². The van der Waals surface area contributed by atoms with E-state index in [4.69, 9.17) is 0 Å². The molecule has 1 nitrogen and oxygen atoms in total. The Hall–Kier alpha value is -2.67. The summed E-state index contributed by atoms with van der Waals surface area (Å²) in [6.45, 7) is 0. The van der Waals surface area contributed by atoms with Gasteiger partial charge in [0.2, 0.25) is 0 Å². The SMILES string of the molecule is O=C1c2c(c3ccccc3c3ccccc23)CC2=CC=CC12. The lowest BCUT2D eigenvalue weighted by Gasteiger charge is -2.25. The molecule has 22 heavy (non-hydrogen) atoms. The molecule has 0 aromatic heterocycles. The number of benzene rings is 3. The third-order valence-corrected chi connectivity index (χ3v) is 4.96. The minimum atomic E-state index is -0.0444. The van der Waals surface area contributed by atoms with Crippen LogP contribution in [0.4, 0.5) is 0 Å². The summed E-state index contributed by atoms with van der Waals surface area (Å²) in [4.78, 5) is 13.1. The molecule has 0 spiro atoms. The van der Waals surface area contributed by atoms with Crippen LogP contribution in [0.5, 0.6) is 0 Å². The molecule has 0 saturated heterocycles. The van der Waals surface area contributed by atoms with Crippen LogP contribution in [0.25, 0.3) is 21.5 Å². The van der Waals surface area contributed by atoms with Crippen LogP contribution in [0.2, 0.25) is 0 Å². The molecule has 104 valence electrons. The predicted octanol–water partition coefficient (Wildman–Crippen LogP) is 4.84. The summed E-state index contributed by atoms with van der Waals surface area (Å²) in [7, 11) is 0. The Morgan fingerprint density at radius 3 is 2.23 bits per heavy atom. The van der Waals surface area contributed by atoms with Gasteiger partial charge < -0.3 is 0 Å². The zero-order valence-corrected chi connectivity index (χ0v) is 12.0. The topological polar surface area (TPSA) is 17.1 Å². The highest BCUT2D eigenvalue weighted by Gasteiger charge is 2.33. The van der Waals surface area contributed by atoms with Gasteiger partial charge >= 0.3 is 0 Å². The van der Waals surface area contributed by atoms with Crippen molar-refractivity contribution in [2.24, 2.45) is 5.92 Å². The molecule has 0 N–H and O–H groups in total. The molecule has 1 heteroatoms. The molecule has 0 aliphatic heterocycles. The zero-order valence-electron chi connectivity index (χ0n) is 12.0. The molecule has 0 fully saturated rings. The Labute approximate surface area is 128 Å². The summed E-state index contributed by atoms with van der Waals surface area (Å²) in [6.07, 6.45) is 7.04. The molecular weight excluding hydrogens is 268 g/mol. The van der Waals surface area contributed by atoms with E-state index >= 15 is 0 Å². The molecule has 0 saturated carbocycles. The van der Waals surface area contributed by atoms with Crippen molar-refractivity contribution >= 4 is 27.3 Å². The number of carbonyl (C=O) groups is 1. The van der Waals surface area contributed by atoms with E-state index in [1.165, 1.54) is 27.3 Å². The first kappa shape index (κ1) is 11.9. The highest BCUT2D eigenvalue weighted by atomic mass is 16.1. The van der Waals surface area contributed by atoms with Gasteiger partial charge in [0, 0.05) is 5.56 Å². The zero-order chi connectivity index (χ0) is 14.7. The molecule has 1 atom stereocenters. The van der Waals surface area contributed by atoms with E-state index in [2.05, 4.69) is 48.5 Å². The van der Waals surface area contributed by atoms with E-state index in [0.717, 1.165) is 17.4 Å². The molecule has 2 aliphatic rings. The second-order valence-electron chi connectivity index (χ2n) is 6.09. The van der Waals surface area contributed by atoms with Gasteiger partial charge in [-0.2, -0.15) is 0 Å². The number of allylic oxidation sites excluding steroid dienone is 4. The van der Waals surface area contributed by atoms with Crippen LogP contribution in [-0.2, 0) is 6.42 Å². The second-order valence-corrected chi connectivity index (χ2v) is 6.09. The van der Waals surface area contributed by atoms with Crippen molar-refractivity contribution < 1.29 is 4.79 Å².